The molecule has 72 valence electrons. The molecule has 3 saturated carbocycles. The van der Waals surface area contributed by atoms with Crippen LogP contribution in [0, 0.1) is 47.3 Å². The molecule has 5 aliphatic carbocycles. The Hall–Kier alpha value is -0.520. The predicted octanol–water partition coefficient (Wildman–Crippen LogP) is 2.88. The topological polar surface area (TPSA) is 0 Å². The van der Waals surface area contributed by atoms with Gasteiger partial charge in [-0.1, -0.05) is 24.3 Å². The van der Waals surface area contributed by atoms with Gasteiger partial charge < -0.3 is 0 Å². The number of hydrogen-bond acceptors (Lipinski definition) is 0. The minimum absolute atomic E-state index is 0.999. The third-order valence-electron chi connectivity index (χ3n) is 6.05. The number of allylic oxidation sites excluding steroid dienone is 4. The second-order valence-corrected chi connectivity index (χ2v) is 6.21. The van der Waals surface area contributed by atoms with Crippen molar-refractivity contribution >= 4 is 0 Å². The first-order valence-electron chi connectivity index (χ1n) is 6.30. The molecule has 0 aromatic heterocycles. The fourth-order valence-corrected chi connectivity index (χ4v) is 5.82. The van der Waals surface area contributed by atoms with Gasteiger partial charge in [-0.25, -0.2) is 0 Å². The summed E-state index contributed by atoms with van der Waals surface area (Å²) in [6.07, 6.45) is 13.2. The van der Waals surface area contributed by atoms with Gasteiger partial charge >= 0.3 is 0 Å². The zero-order chi connectivity index (χ0) is 8.86. The lowest BCUT2D eigenvalue weighted by atomic mass is 9.50. The molecule has 0 radical (unpaired) electrons. The summed E-state index contributed by atoms with van der Waals surface area (Å²) in [5.74, 6) is 8.48. The first-order valence-corrected chi connectivity index (χ1v) is 6.30. The molecular weight excluding hydrogens is 168 g/mol. The zero-order valence-electron chi connectivity index (χ0n) is 8.34. The van der Waals surface area contributed by atoms with Crippen molar-refractivity contribution < 1.29 is 0 Å². The van der Waals surface area contributed by atoms with E-state index in [2.05, 4.69) is 24.3 Å². The van der Waals surface area contributed by atoms with Gasteiger partial charge in [0, 0.05) is 0 Å². The summed E-state index contributed by atoms with van der Waals surface area (Å²) in [6.45, 7) is 0. The van der Waals surface area contributed by atoms with Crippen LogP contribution in [0.15, 0.2) is 24.3 Å². The molecule has 0 atom stereocenters. The third-order valence-corrected chi connectivity index (χ3v) is 6.05. The molecule has 0 unspecified atom stereocenters. The highest BCUT2D eigenvalue weighted by Crippen LogP contribution is 2.72. The molecule has 14 heavy (non-hydrogen) atoms. The fraction of sp³-hybridized carbons (Fsp3) is 0.714. The lowest BCUT2D eigenvalue weighted by Gasteiger charge is -2.54. The van der Waals surface area contributed by atoms with E-state index in [1.54, 1.807) is 0 Å². The van der Waals surface area contributed by atoms with Gasteiger partial charge in [0.05, 0.1) is 0 Å². The van der Waals surface area contributed by atoms with Crippen LogP contribution in [0.25, 0.3) is 0 Å². The van der Waals surface area contributed by atoms with Gasteiger partial charge in [-0.15, -0.1) is 0 Å². The summed E-state index contributed by atoms with van der Waals surface area (Å²) in [4.78, 5) is 0. The zero-order valence-corrected chi connectivity index (χ0v) is 8.34. The maximum absolute atomic E-state index is 2.54. The molecule has 0 heteroatoms. The Kier molecular flexibility index (Phi) is 0.929. The standard InChI is InChI=1S/C14H16/c1-2-8-5-7(1)11-12(8)14-10-4-3-9(6-10)13(11)14/h1-4,7-14H,5-6H2. The summed E-state index contributed by atoms with van der Waals surface area (Å²) >= 11 is 0. The number of hydrogen-bond donors (Lipinski definition) is 0. The molecule has 3 fully saturated rings. The highest BCUT2D eigenvalue weighted by atomic mass is 14.7. The summed E-state index contributed by atoms with van der Waals surface area (Å²) < 4.78 is 0. The van der Waals surface area contributed by atoms with Crippen molar-refractivity contribution in [1.29, 1.82) is 0 Å². The van der Waals surface area contributed by atoms with Gasteiger partial charge in [0.1, 0.15) is 0 Å². The van der Waals surface area contributed by atoms with Crippen molar-refractivity contribution in [3.63, 3.8) is 0 Å². The largest absolute Gasteiger partial charge is 0.0848 e. The second-order valence-electron chi connectivity index (χ2n) is 6.21. The monoisotopic (exact) mass is 184 g/mol. The Bertz CT molecular complexity index is 288. The molecule has 0 aromatic carbocycles. The molecule has 0 N–H and O–H groups in total. The van der Waals surface area contributed by atoms with E-state index in [1.807, 2.05) is 0 Å². The van der Waals surface area contributed by atoms with Crippen LogP contribution in [0.5, 0.6) is 0 Å². The maximum Gasteiger partial charge on any atom is -0.0193 e. The summed E-state index contributed by atoms with van der Waals surface area (Å²) in [5.41, 5.74) is 0. The minimum Gasteiger partial charge on any atom is -0.0848 e. The first-order chi connectivity index (χ1) is 6.93. The molecular formula is C14H16. The lowest BCUT2D eigenvalue weighted by Crippen LogP contribution is -2.50. The molecule has 0 aliphatic heterocycles. The summed E-state index contributed by atoms with van der Waals surface area (Å²) in [5, 5.41) is 0. The molecule has 0 heterocycles. The van der Waals surface area contributed by atoms with Gasteiger partial charge in [-0.2, -0.15) is 0 Å². The Labute approximate surface area is 85.1 Å². The fourth-order valence-electron chi connectivity index (χ4n) is 5.82. The van der Waals surface area contributed by atoms with Crippen LogP contribution in [-0.2, 0) is 0 Å². The minimum atomic E-state index is 0.999. The molecule has 0 spiro atoms. The quantitative estimate of drug-likeness (QED) is 0.508. The Morgan fingerprint density at radius 1 is 0.500 bits per heavy atom. The van der Waals surface area contributed by atoms with Gasteiger partial charge in [0.15, 0.2) is 0 Å². The number of fused-ring (bicyclic) bond motifs is 12. The molecule has 5 aliphatic rings. The van der Waals surface area contributed by atoms with E-state index < -0.39 is 0 Å². The van der Waals surface area contributed by atoms with E-state index >= 15 is 0 Å². The second kappa shape index (κ2) is 1.89. The van der Waals surface area contributed by atoms with Gasteiger partial charge in [-0.05, 0) is 60.2 Å². The SMILES string of the molecule is C1=CC2CC1C1C2C2C3C=CC(C3)C12. The predicted molar refractivity (Wildman–Crippen MR) is 55.4 cm³/mol. The van der Waals surface area contributed by atoms with Crippen molar-refractivity contribution in [2.45, 2.75) is 12.8 Å². The molecule has 0 nitrogen and oxygen atoms in total. The van der Waals surface area contributed by atoms with Gasteiger partial charge in [-0.3, -0.25) is 0 Å². The average Bonchev–Trinajstić information content (AvgIpc) is 2.82. The third kappa shape index (κ3) is 0.515. The van der Waals surface area contributed by atoms with Crippen molar-refractivity contribution in [1.82, 2.24) is 0 Å². The van der Waals surface area contributed by atoms with E-state index in [-0.39, 0.29) is 0 Å². The van der Waals surface area contributed by atoms with E-state index in [1.165, 1.54) is 12.8 Å². The van der Waals surface area contributed by atoms with Crippen molar-refractivity contribution in [2.75, 3.05) is 0 Å². The normalized spacial score (nSPS) is 69.7. The van der Waals surface area contributed by atoms with Crippen LogP contribution in [0.2, 0.25) is 0 Å². The van der Waals surface area contributed by atoms with E-state index in [9.17, 15) is 0 Å². The lowest BCUT2D eigenvalue weighted by molar-refractivity contribution is -0.0372. The average molecular weight is 184 g/mol. The molecule has 5 rings (SSSR count). The number of rotatable bonds is 0. The smallest absolute Gasteiger partial charge is 0.0193 e. The van der Waals surface area contributed by atoms with Crippen LogP contribution in [0.4, 0.5) is 0 Å². The summed E-state index contributed by atoms with van der Waals surface area (Å²) in [6, 6.07) is 0. The first kappa shape index (κ1) is 6.87. The maximum atomic E-state index is 2.54. The molecule has 0 saturated heterocycles. The van der Waals surface area contributed by atoms with Crippen molar-refractivity contribution in [3.05, 3.63) is 24.3 Å². The Morgan fingerprint density at radius 2 is 0.786 bits per heavy atom. The van der Waals surface area contributed by atoms with Crippen molar-refractivity contribution in [3.8, 4) is 0 Å². The molecule has 0 aromatic rings. The highest BCUT2D eigenvalue weighted by Gasteiger charge is 2.67. The van der Waals surface area contributed by atoms with E-state index in [0.717, 1.165) is 47.3 Å². The molecule has 0 amide bonds. The van der Waals surface area contributed by atoms with E-state index in [0.29, 0.717) is 0 Å². The van der Waals surface area contributed by atoms with Crippen LogP contribution >= 0.6 is 0 Å². The van der Waals surface area contributed by atoms with Crippen LogP contribution in [0.1, 0.15) is 12.8 Å². The Balaban J connectivity index is 1.64. The van der Waals surface area contributed by atoms with Crippen LogP contribution < -0.4 is 0 Å². The van der Waals surface area contributed by atoms with Gasteiger partial charge in [0.2, 0.25) is 0 Å². The molecule has 4 bridgehead atoms. The Morgan fingerprint density at radius 3 is 1.07 bits per heavy atom. The highest BCUT2D eigenvalue weighted by molar-refractivity contribution is 5.29. The van der Waals surface area contributed by atoms with Crippen LogP contribution in [0.3, 0.4) is 0 Å². The summed E-state index contributed by atoms with van der Waals surface area (Å²) in [7, 11) is 0. The van der Waals surface area contributed by atoms with E-state index in [4.69, 9.17) is 0 Å². The van der Waals surface area contributed by atoms with Crippen molar-refractivity contribution in [2.24, 2.45) is 47.3 Å². The van der Waals surface area contributed by atoms with Crippen LogP contribution in [-0.4, -0.2) is 0 Å². The van der Waals surface area contributed by atoms with Gasteiger partial charge in [0.25, 0.3) is 0 Å².